The highest BCUT2D eigenvalue weighted by atomic mass is 32.1. The van der Waals surface area contributed by atoms with Gasteiger partial charge in [0.05, 0.1) is 31.2 Å². The van der Waals surface area contributed by atoms with Gasteiger partial charge >= 0.3 is 0 Å². The average molecular weight is 342 g/mol. The van der Waals surface area contributed by atoms with Crippen LogP contribution < -0.4 is 16.8 Å². The fraction of sp³-hybridized carbons (Fsp3) is 0.188. The van der Waals surface area contributed by atoms with Gasteiger partial charge in [0.15, 0.2) is 10.9 Å². The van der Waals surface area contributed by atoms with Gasteiger partial charge in [-0.25, -0.2) is 4.98 Å². The van der Waals surface area contributed by atoms with Crippen molar-refractivity contribution in [3.8, 4) is 11.5 Å². The zero-order valence-corrected chi connectivity index (χ0v) is 13.7. The molecule has 0 radical (unpaired) electrons. The van der Waals surface area contributed by atoms with Crippen LogP contribution in [0.3, 0.4) is 0 Å². The first kappa shape index (κ1) is 16.3. The van der Waals surface area contributed by atoms with Crippen LogP contribution in [-0.2, 0) is 6.54 Å². The van der Waals surface area contributed by atoms with Gasteiger partial charge in [0, 0.05) is 11.6 Å². The number of aliphatic imine (C=N–C) groups is 1. The number of aromatic nitrogens is 2. The van der Waals surface area contributed by atoms with Crippen molar-refractivity contribution in [3.05, 3.63) is 53.4 Å². The van der Waals surface area contributed by atoms with Gasteiger partial charge in [-0.05, 0) is 24.3 Å². The molecule has 0 fully saturated rings. The van der Waals surface area contributed by atoms with Gasteiger partial charge in [0.1, 0.15) is 11.5 Å². The van der Waals surface area contributed by atoms with E-state index in [0.717, 1.165) is 22.3 Å². The maximum Gasteiger partial charge on any atom is 0.188 e. The molecule has 1 unspecified atom stereocenters. The van der Waals surface area contributed by atoms with E-state index in [4.69, 9.17) is 15.9 Å². The topological polar surface area (TPSA) is 115 Å². The molecule has 0 aliphatic carbocycles. The van der Waals surface area contributed by atoms with Crippen molar-refractivity contribution in [1.82, 2.24) is 9.97 Å². The van der Waals surface area contributed by atoms with Crippen LogP contribution in [0.5, 0.6) is 0 Å². The summed E-state index contributed by atoms with van der Waals surface area (Å²) in [6.45, 7) is 0.818. The molecular weight excluding hydrogens is 324 g/mol. The maximum absolute atomic E-state index is 6.03. The molecule has 0 saturated carbocycles. The second-order valence-corrected chi connectivity index (χ2v) is 5.87. The summed E-state index contributed by atoms with van der Waals surface area (Å²) in [4.78, 5) is 12.9. The monoisotopic (exact) mass is 342 g/mol. The third kappa shape index (κ3) is 4.05. The highest BCUT2D eigenvalue weighted by molar-refractivity contribution is 7.14. The number of nitrogens with zero attached hydrogens (tertiary/aromatic N) is 3. The molecule has 0 aromatic carbocycles. The summed E-state index contributed by atoms with van der Waals surface area (Å²) in [6.07, 6.45) is 3.32. The van der Waals surface area contributed by atoms with Crippen LogP contribution in [0.4, 0.5) is 5.13 Å². The molecule has 3 aromatic rings. The summed E-state index contributed by atoms with van der Waals surface area (Å²) in [5.74, 6) is 1.44. The Balaban J connectivity index is 1.53. The number of pyridine rings is 1. The average Bonchev–Trinajstić information content (AvgIpc) is 3.28. The van der Waals surface area contributed by atoms with Crippen molar-refractivity contribution in [2.75, 3.05) is 11.9 Å². The summed E-state index contributed by atoms with van der Waals surface area (Å²) in [6, 6.07) is 9.14. The summed E-state index contributed by atoms with van der Waals surface area (Å²) in [5, 5.41) is 5.68. The lowest BCUT2D eigenvalue weighted by atomic mass is 10.2. The lowest BCUT2D eigenvalue weighted by Gasteiger charge is -2.06. The van der Waals surface area contributed by atoms with E-state index in [1.54, 1.807) is 12.5 Å². The van der Waals surface area contributed by atoms with Gasteiger partial charge in [-0.1, -0.05) is 6.07 Å². The molecule has 0 saturated heterocycles. The van der Waals surface area contributed by atoms with Crippen LogP contribution in [0.2, 0.25) is 0 Å². The zero-order chi connectivity index (χ0) is 16.8. The van der Waals surface area contributed by atoms with E-state index in [1.807, 2.05) is 35.7 Å². The van der Waals surface area contributed by atoms with Crippen LogP contribution >= 0.6 is 11.3 Å². The van der Waals surface area contributed by atoms with E-state index in [2.05, 4.69) is 20.3 Å². The molecule has 1 atom stereocenters. The number of anilines is 1. The third-order valence-corrected chi connectivity index (χ3v) is 4.04. The van der Waals surface area contributed by atoms with Gasteiger partial charge in [-0.15, -0.1) is 11.3 Å². The number of rotatable bonds is 7. The van der Waals surface area contributed by atoms with Crippen LogP contribution in [0.1, 0.15) is 17.5 Å². The first-order valence-corrected chi connectivity index (χ1v) is 8.30. The number of nitrogens with two attached hydrogens (primary N) is 2. The molecule has 8 heteroatoms. The molecule has 0 aliphatic rings. The summed E-state index contributed by atoms with van der Waals surface area (Å²) in [5.41, 5.74) is 13.2. The summed E-state index contributed by atoms with van der Waals surface area (Å²) >= 11 is 1.47. The Morgan fingerprint density at radius 2 is 2.25 bits per heavy atom. The van der Waals surface area contributed by atoms with Gasteiger partial charge < -0.3 is 21.2 Å². The van der Waals surface area contributed by atoms with Crippen LogP contribution in [0.25, 0.3) is 11.5 Å². The smallest absolute Gasteiger partial charge is 0.188 e. The van der Waals surface area contributed by atoms with Gasteiger partial charge in [0.25, 0.3) is 0 Å². The van der Waals surface area contributed by atoms with E-state index in [9.17, 15) is 0 Å². The Morgan fingerprint density at radius 3 is 3.00 bits per heavy atom. The Kier molecular flexibility index (Phi) is 5.32. The molecular formula is C16H18N6OS. The Bertz CT molecular complexity index is 798. The van der Waals surface area contributed by atoms with Crippen molar-refractivity contribution in [3.63, 3.8) is 0 Å². The second-order valence-electron chi connectivity index (χ2n) is 5.01. The van der Waals surface area contributed by atoms with E-state index in [-0.39, 0.29) is 6.04 Å². The van der Waals surface area contributed by atoms with E-state index in [0.29, 0.717) is 18.8 Å². The molecule has 7 nitrogen and oxygen atoms in total. The molecule has 0 aliphatic heterocycles. The Hall–Kier alpha value is -2.55. The van der Waals surface area contributed by atoms with E-state index < -0.39 is 0 Å². The number of nitrogens with one attached hydrogen (secondary N) is 1. The van der Waals surface area contributed by atoms with E-state index in [1.165, 1.54) is 11.3 Å². The predicted octanol–water partition coefficient (Wildman–Crippen LogP) is 2.40. The lowest BCUT2D eigenvalue weighted by molar-refractivity contribution is 0.524. The predicted molar refractivity (Wildman–Crippen MR) is 95.9 cm³/mol. The van der Waals surface area contributed by atoms with Crippen LogP contribution in [0, 0.1) is 0 Å². The number of hydrogen-bond donors (Lipinski definition) is 3. The summed E-state index contributed by atoms with van der Waals surface area (Å²) in [7, 11) is 0. The number of furan rings is 1. The summed E-state index contributed by atoms with van der Waals surface area (Å²) < 4.78 is 5.57. The SMILES string of the molecule is NCc1ccc(-c2csc(NC=NCC(N)c3ccccn3)n2)o1. The first-order chi connectivity index (χ1) is 11.8. The lowest BCUT2D eigenvalue weighted by Crippen LogP contribution is -2.15. The largest absolute Gasteiger partial charge is 0.458 e. The molecule has 24 heavy (non-hydrogen) atoms. The molecule has 0 bridgehead atoms. The standard InChI is InChI=1S/C16H18N6OS/c17-7-11-4-5-15(23-11)14-9-24-16(22-14)21-10-19-8-12(18)13-3-1-2-6-20-13/h1-6,9-10,12H,7-8,17-18H2,(H,19,21,22). The zero-order valence-electron chi connectivity index (χ0n) is 12.9. The van der Waals surface area contributed by atoms with Crippen molar-refractivity contribution >= 4 is 22.8 Å². The molecule has 0 amide bonds. The quantitative estimate of drug-likeness (QED) is 0.448. The van der Waals surface area contributed by atoms with Gasteiger partial charge in [0.2, 0.25) is 0 Å². The minimum atomic E-state index is -0.228. The molecule has 5 N–H and O–H groups in total. The maximum atomic E-state index is 6.03. The minimum Gasteiger partial charge on any atom is -0.458 e. The van der Waals surface area contributed by atoms with Crippen LogP contribution in [0.15, 0.2) is 51.3 Å². The first-order valence-electron chi connectivity index (χ1n) is 7.42. The van der Waals surface area contributed by atoms with Gasteiger partial charge in [-0.3, -0.25) is 9.98 Å². The second kappa shape index (κ2) is 7.82. The molecule has 3 heterocycles. The fourth-order valence-electron chi connectivity index (χ4n) is 2.03. The number of hydrogen-bond acceptors (Lipinski definition) is 7. The number of thiazole rings is 1. The minimum absolute atomic E-state index is 0.228. The Morgan fingerprint density at radius 1 is 1.33 bits per heavy atom. The van der Waals surface area contributed by atoms with E-state index >= 15 is 0 Å². The van der Waals surface area contributed by atoms with Crippen molar-refractivity contribution < 1.29 is 4.42 Å². The fourth-order valence-corrected chi connectivity index (χ4v) is 2.70. The van der Waals surface area contributed by atoms with Crippen molar-refractivity contribution in [2.45, 2.75) is 12.6 Å². The van der Waals surface area contributed by atoms with Gasteiger partial charge in [-0.2, -0.15) is 0 Å². The third-order valence-electron chi connectivity index (χ3n) is 3.27. The molecule has 3 aromatic heterocycles. The highest BCUT2D eigenvalue weighted by Gasteiger charge is 2.08. The van der Waals surface area contributed by atoms with Crippen molar-refractivity contribution in [1.29, 1.82) is 0 Å². The van der Waals surface area contributed by atoms with Crippen LogP contribution in [-0.4, -0.2) is 22.9 Å². The van der Waals surface area contributed by atoms with Crippen molar-refractivity contribution in [2.24, 2.45) is 16.5 Å². The normalized spacial score (nSPS) is 12.6. The molecule has 0 spiro atoms. The Labute approximate surface area is 143 Å². The highest BCUT2D eigenvalue weighted by Crippen LogP contribution is 2.26. The molecule has 3 rings (SSSR count). The molecule has 124 valence electrons.